The molecular weight excluding hydrogens is 593 g/mol. The van der Waals surface area contributed by atoms with Crippen LogP contribution in [0.15, 0.2) is 52.8 Å². The number of esters is 1. The first-order valence-electron chi connectivity index (χ1n) is 13.0. The van der Waals surface area contributed by atoms with Gasteiger partial charge in [0.15, 0.2) is 4.80 Å². The largest absolute Gasteiger partial charge is 0.573 e. The third-order valence-corrected chi connectivity index (χ3v) is 6.64. The standard InChI is InChI=1S/C28H31F3N4O7S/c1-4-41-25(37)16-33-24(36)15-32-12-5-13-35-22(18-6-8-19(9-7-18)42-28(29,30)31)17-43-27(35)34-26(38)21-11-10-20(39-2)14-23(21)40-3/h6-11,14,17,32H,4-5,12-13,15-16H2,1-3H3,(H,33,36)/b34-27-. The van der Waals surface area contributed by atoms with Crippen molar-refractivity contribution >= 4 is 29.1 Å². The molecule has 0 aliphatic carbocycles. The number of alkyl halides is 3. The van der Waals surface area contributed by atoms with E-state index in [0.717, 1.165) is 0 Å². The van der Waals surface area contributed by atoms with Gasteiger partial charge in [-0.25, -0.2) is 0 Å². The summed E-state index contributed by atoms with van der Waals surface area (Å²) in [6.45, 7) is 2.37. The van der Waals surface area contributed by atoms with Gasteiger partial charge in [-0.2, -0.15) is 4.99 Å². The van der Waals surface area contributed by atoms with Crippen LogP contribution in [0.25, 0.3) is 11.3 Å². The fraction of sp³-hybridized carbons (Fsp3) is 0.357. The van der Waals surface area contributed by atoms with E-state index in [0.29, 0.717) is 41.3 Å². The molecule has 0 unspecified atom stereocenters. The maximum absolute atomic E-state index is 13.2. The molecule has 0 aliphatic heterocycles. The number of methoxy groups -OCH3 is 2. The number of carbonyl (C=O) groups excluding carboxylic acids is 3. The summed E-state index contributed by atoms with van der Waals surface area (Å²) in [7, 11) is 2.91. The van der Waals surface area contributed by atoms with E-state index < -0.39 is 18.2 Å². The highest BCUT2D eigenvalue weighted by Crippen LogP contribution is 2.28. The van der Waals surface area contributed by atoms with Crippen molar-refractivity contribution in [3.8, 4) is 28.5 Å². The van der Waals surface area contributed by atoms with E-state index in [1.165, 1.54) is 49.8 Å². The fourth-order valence-electron chi connectivity index (χ4n) is 3.82. The number of amides is 2. The Morgan fingerprint density at radius 3 is 2.37 bits per heavy atom. The lowest BCUT2D eigenvalue weighted by Crippen LogP contribution is -2.37. The minimum atomic E-state index is -4.82. The maximum Gasteiger partial charge on any atom is 0.573 e. The van der Waals surface area contributed by atoms with Gasteiger partial charge in [0, 0.05) is 18.0 Å². The highest BCUT2D eigenvalue weighted by Gasteiger charge is 2.31. The van der Waals surface area contributed by atoms with Gasteiger partial charge in [-0.3, -0.25) is 14.4 Å². The maximum atomic E-state index is 13.2. The highest BCUT2D eigenvalue weighted by molar-refractivity contribution is 7.07. The normalized spacial score (nSPS) is 11.6. The Morgan fingerprint density at radius 2 is 1.72 bits per heavy atom. The van der Waals surface area contributed by atoms with Gasteiger partial charge >= 0.3 is 12.3 Å². The number of nitrogens with zero attached hydrogens (tertiary/aromatic N) is 2. The molecular formula is C28H31F3N4O7S. The smallest absolute Gasteiger partial charge is 0.497 e. The van der Waals surface area contributed by atoms with Crippen molar-refractivity contribution in [3.05, 3.63) is 58.2 Å². The number of carbonyl (C=O) groups is 3. The second-order valence-electron chi connectivity index (χ2n) is 8.72. The molecule has 43 heavy (non-hydrogen) atoms. The molecule has 11 nitrogen and oxygen atoms in total. The summed E-state index contributed by atoms with van der Waals surface area (Å²) in [6, 6.07) is 10.1. The Kier molecular flexibility index (Phi) is 12.1. The van der Waals surface area contributed by atoms with E-state index in [9.17, 15) is 27.6 Å². The zero-order valence-corrected chi connectivity index (χ0v) is 24.5. The number of hydrogen-bond donors (Lipinski definition) is 2. The third-order valence-electron chi connectivity index (χ3n) is 5.77. The second-order valence-corrected chi connectivity index (χ2v) is 9.56. The number of nitrogens with one attached hydrogen (secondary N) is 2. The predicted octanol–water partition coefficient (Wildman–Crippen LogP) is 3.53. The minimum absolute atomic E-state index is 0.0335. The molecule has 15 heteroatoms. The van der Waals surface area contributed by atoms with Crippen molar-refractivity contribution in [2.45, 2.75) is 26.3 Å². The molecule has 2 amide bonds. The van der Waals surface area contributed by atoms with Gasteiger partial charge in [-0.1, -0.05) is 0 Å². The topological polar surface area (TPSA) is 129 Å². The first-order valence-corrected chi connectivity index (χ1v) is 13.9. The lowest BCUT2D eigenvalue weighted by Gasteiger charge is -2.12. The molecule has 0 fully saturated rings. The highest BCUT2D eigenvalue weighted by atomic mass is 32.1. The lowest BCUT2D eigenvalue weighted by molar-refractivity contribution is -0.274. The summed E-state index contributed by atoms with van der Waals surface area (Å²) in [5.41, 5.74) is 1.41. The Morgan fingerprint density at radius 1 is 1.00 bits per heavy atom. The van der Waals surface area contributed by atoms with Crippen LogP contribution in [0.4, 0.5) is 13.2 Å². The Hall–Kier alpha value is -4.37. The van der Waals surface area contributed by atoms with Crippen molar-refractivity contribution < 1.29 is 46.5 Å². The van der Waals surface area contributed by atoms with E-state index in [4.69, 9.17) is 14.2 Å². The van der Waals surface area contributed by atoms with Crippen LogP contribution in [0.3, 0.4) is 0 Å². The SMILES string of the molecule is CCOC(=O)CNC(=O)CNCCCn1c(-c2ccc(OC(F)(F)F)cc2)cs/c1=N\C(=O)c1ccc(OC)cc1OC. The molecule has 1 aromatic heterocycles. The molecule has 2 N–H and O–H groups in total. The number of ether oxygens (including phenoxy) is 4. The molecule has 0 atom stereocenters. The van der Waals surface area contributed by atoms with Gasteiger partial charge in [0.1, 0.15) is 23.8 Å². The van der Waals surface area contributed by atoms with Crippen molar-refractivity contribution in [1.29, 1.82) is 0 Å². The average Bonchev–Trinajstić information content (AvgIpc) is 3.37. The summed E-state index contributed by atoms with van der Waals surface area (Å²) in [4.78, 5) is 41.2. The Labute approximate surface area is 249 Å². The van der Waals surface area contributed by atoms with Crippen LogP contribution in [0.2, 0.25) is 0 Å². The molecule has 3 rings (SSSR count). The number of rotatable bonds is 14. The summed E-state index contributed by atoms with van der Waals surface area (Å²) < 4.78 is 58.9. The van der Waals surface area contributed by atoms with Gasteiger partial charge in [-0.15, -0.1) is 24.5 Å². The first kappa shape index (κ1) is 33.1. The van der Waals surface area contributed by atoms with Crippen LogP contribution in [0.5, 0.6) is 17.2 Å². The van der Waals surface area contributed by atoms with Crippen LogP contribution >= 0.6 is 11.3 Å². The number of benzene rings is 2. The van der Waals surface area contributed by atoms with E-state index in [1.807, 2.05) is 0 Å². The second kappa shape index (κ2) is 15.7. The van der Waals surface area contributed by atoms with E-state index in [1.54, 1.807) is 35.1 Å². The molecule has 1 heterocycles. The van der Waals surface area contributed by atoms with Gasteiger partial charge in [-0.05, 0) is 61.9 Å². The number of aromatic nitrogens is 1. The van der Waals surface area contributed by atoms with E-state index in [2.05, 4.69) is 20.4 Å². The third kappa shape index (κ3) is 10.1. The molecule has 0 radical (unpaired) electrons. The van der Waals surface area contributed by atoms with Gasteiger partial charge in [0.05, 0.1) is 38.6 Å². The molecule has 0 aliphatic rings. The van der Waals surface area contributed by atoms with Crippen LogP contribution < -0.4 is 29.6 Å². The van der Waals surface area contributed by atoms with Gasteiger partial charge < -0.3 is 34.1 Å². The molecule has 232 valence electrons. The first-order chi connectivity index (χ1) is 20.5. The molecule has 0 bridgehead atoms. The average molecular weight is 625 g/mol. The Balaban J connectivity index is 1.80. The quantitative estimate of drug-likeness (QED) is 0.206. The summed E-state index contributed by atoms with van der Waals surface area (Å²) in [5, 5.41) is 7.18. The van der Waals surface area contributed by atoms with Gasteiger partial charge in [0.2, 0.25) is 5.91 Å². The van der Waals surface area contributed by atoms with Crippen LogP contribution in [-0.4, -0.2) is 69.2 Å². The molecule has 3 aromatic rings. The molecule has 2 aromatic carbocycles. The molecule has 0 saturated heterocycles. The molecule has 0 saturated carbocycles. The van der Waals surface area contributed by atoms with Crippen molar-refractivity contribution in [2.24, 2.45) is 4.99 Å². The summed E-state index contributed by atoms with van der Waals surface area (Å²) >= 11 is 1.18. The predicted molar refractivity (Wildman–Crippen MR) is 151 cm³/mol. The van der Waals surface area contributed by atoms with Gasteiger partial charge in [0.25, 0.3) is 5.91 Å². The van der Waals surface area contributed by atoms with Crippen molar-refractivity contribution in [3.63, 3.8) is 0 Å². The fourth-order valence-corrected chi connectivity index (χ4v) is 4.76. The lowest BCUT2D eigenvalue weighted by atomic mass is 10.1. The zero-order chi connectivity index (χ0) is 31.4. The number of thiazole rings is 1. The van der Waals surface area contributed by atoms with Crippen LogP contribution in [0, 0.1) is 0 Å². The number of hydrogen-bond acceptors (Lipinski definition) is 9. The number of halogens is 3. The van der Waals surface area contributed by atoms with Crippen LogP contribution in [-0.2, 0) is 20.9 Å². The molecule has 0 spiro atoms. The van der Waals surface area contributed by atoms with E-state index in [-0.39, 0.29) is 42.7 Å². The van der Waals surface area contributed by atoms with Crippen molar-refractivity contribution in [2.75, 3.05) is 40.5 Å². The Bertz CT molecular complexity index is 1470. The zero-order valence-electron chi connectivity index (χ0n) is 23.7. The van der Waals surface area contributed by atoms with Crippen molar-refractivity contribution in [1.82, 2.24) is 15.2 Å². The monoisotopic (exact) mass is 624 g/mol. The van der Waals surface area contributed by atoms with E-state index >= 15 is 0 Å². The van der Waals surface area contributed by atoms with Crippen LogP contribution in [0.1, 0.15) is 23.7 Å². The minimum Gasteiger partial charge on any atom is -0.497 e. The summed E-state index contributed by atoms with van der Waals surface area (Å²) in [5.74, 6) is -1.06. The summed E-state index contributed by atoms with van der Waals surface area (Å²) in [6.07, 6.45) is -4.32.